The molecule has 3 nitrogen and oxygen atoms in total. The van der Waals surface area contributed by atoms with Gasteiger partial charge in [-0.15, -0.1) is 0 Å². The Morgan fingerprint density at radius 1 is 1.47 bits per heavy atom. The van der Waals surface area contributed by atoms with Gasteiger partial charge in [0, 0.05) is 6.54 Å². The second kappa shape index (κ2) is 5.74. The first-order valence-corrected chi connectivity index (χ1v) is 6.98. The lowest BCUT2D eigenvalue weighted by Crippen LogP contribution is -2.46. The quantitative estimate of drug-likeness (QED) is 0.829. The molecule has 0 aromatic heterocycles. The third kappa shape index (κ3) is 2.66. The topological polar surface area (TPSA) is 52.3 Å². The first-order chi connectivity index (χ1) is 9.12. The van der Waals surface area contributed by atoms with Crippen molar-refractivity contribution in [1.82, 2.24) is 0 Å². The molecule has 0 spiro atoms. The van der Waals surface area contributed by atoms with Gasteiger partial charge in [0.15, 0.2) is 0 Å². The predicted molar refractivity (Wildman–Crippen MR) is 75.9 cm³/mol. The maximum atomic E-state index is 12.4. The predicted octanol–water partition coefficient (Wildman–Crippen LogP) is 2.55. The zero-order valence-corrected chi connectivity index (χ0v) is 11.8. The number of hydrogen-bond acceptors (Lipinski definition) is 3. The Bertz CT molecular complexity index is 454. The van der Waals surface area contributed by atoms with Gasteiger partial charge in [0.1, 0.15) is 5.41 Å². The fraction of sp³-hybridized carbons (Fsp3) is 0.562. The summed E-state index contributed by atoms with van der Waals surface area (Å²) in [6.07, 6.45) is 4.47. The van der Waals surface area contributed by atoms with E-state index in [4.69, 9.17) is 10.5 Å². The van der Waals surface area contributed by atoms with Crippen molar-refractivity contribution in [2.75, 3.05) is 13.7 Å². The fourth-order valence-electron chi connectivity index (χ4n) is 2.93. The molecule has 2 N–H and O–H groups in total. The number of carbonyl (C=O) groups is 1. The molecule has 0 amide bonds. The monoisotopic (exact) mass is 261 g/mol. The van der Waals surface area contributed by atoms with Crippen LogP contribution in [0.4, 0.5) is 0 Å². The van der Waals surface area contributed by atoms with Crippen molar-refractivity contribution < 1.29 is 9.53 Å². The number of rotatable bonds is 5. The molecular weight excluding hydrogens is 238 g/mol. The van der Waals surface area contributed by atoms with Crippen LogP contribution < -0.4 is 5.73 Å². The van der Waals surface area contributed by atoms with Crippen LogP contribution in [0.3, 0.4) is 0 Å². The SMILES string of the molecule is COC(=O)C(CN)(CC1CCC1)c1cccc(C)c1. The molecule has 3 heteroatoms. The van der Waals surface area contributed by atoms with Gasteiger partial charge < -0.3 is 10.5 Å². The lowest BCUT2D eigenvalue weighted by Gasteiger charge is -2.37. The zero-order chi connectivity index (χ0) is 13.9. The van der Waals surface area contributed by atoms with E-state index in [0.29, 0.717) is 12.5 Å². The van der Waals surface area contributed by atoms with Crippen LogP contribution in [0, 0.1) is 12.8 Å². The minimum absolute atomic E-state index is 0.201. The molecule has 1 aromatic carbocycles. The summed E-state index contributed by atoms with van der Waals surface area (Å²) in [5.74, 6) is 0.399. The molecule has 1 aromatic rings. The number of ether oxygens (including phenoxy) is 1. The highest BCUT2D eigenvalue weighted by Gasteiger charge is 2.43. The third-order valence-corrected chi connectivity index (χ3v) is 4.36. The number of methoxy groups -OCH3 is 1. The summed E-state index contributed by atoms with van der Waals surface area (Å²) in [5, 5.41) is 0. The van der Waals surface area contributed by atoms with Gasteiger partial charge in [-0.3, -0.25) is 4.79 Å². The molecule has 0 heterocycles. The van der Waals surface area contributed by atoms with E-state index in [0.717, 1.165) is 17.5 Å². The normalized spacial score (nSPS) is 18.5. The number of carbonyl (C=O) groups excluding carboxylic acids is 1. The summed E-state index contributed by atoms with van der Waals surface area (Å²) in [6, 6.07) is 8.07. The van der Waals surface area contributed by atoms with Crippen LogP contribution in [0.2, 0.25) is 0 Å². The van der Waals surface area contributed by atoms with E-state index in [-0.39, 0.29) is 5.97 Å². The van der Waals surface area contributed by atoms with Crippen LogP contribution in [-0.4, -0.2) is 19.6 Å². The van der Waals surface area contributed by atoms with Crippen molar-refractivity contribution in [2.24, 2.45) is 11.7 Å². The Morgan fingerprint density at radius 2 is 2.21 bits per heavy atom. The molecule has 0 aliphatic heterocycles. The zero-order valence-electron chi connectivity index (χ0n) is 11.8. The molecule has 0 bridgehead atoms. The second-order valence-electron chi connectivity index (χ2n) is 5.65. The molecule has 2 rings (SSSR count). The van der Waals surface area contributed by atoms with Crippen molar-refractivity contribution >= 4 is 5.97 Å². The van der Waals surface area contributed by atoms with E-state index in [1.165, 1.54) is 26.4 Å². The summed E-state index contributed by atoms with van der Waals surface area (Å²) in [6.45, 7) is 2.34. The lowest BCUT2D eigenvalue weighted by molar-refractivity contribution is -0.148. The Balaban J connectivity index is 2.38. The molecular formula is C16H23NO2. The van der Waals surface area contributed by atoms with Crippen molar-refractivity contribution in [3.05, 3.63) is 35.4 Å². The van der Waals surface area contributed by atoms with Gasteiger partial charge in [0.05, 0.1) is 7.11 Å². The van der Waals surface area contributed by atoms with Crippen LogP contribution in [0.15, 0.2) is 24.3 Å². The number of benzene rings is 1. The Hall–Kier alpha value is -1.35. The molecule has 1 saturated carbocycles. The molecule has 104 valence electrons. The van der Waals surface area contributed by atoms with Gasteiger partial charge >= 0.3 is 5.97 Å². The van der Waals surface area contributed by atoms with Crippen molar-refractivity contribution in [2.45, 2.75) is 38.0 Å². The van der Waals surface area contributed by atoms with Crippen LogP contribution in [-0.2, 0) is 14.9 Å². The van der Waals surface area contributed by atoms with E-state index < -0.39 is 5.41 Å². The maximum Gasteiger partial charge on any atom is 0.317 e. The van der Waals surface area contributed by atoms with Crippen molar-refractivity contribution in [1.29, 1.82) is 0 Å². The van der Waals surface area contributed by atoms with Crippen molar-refractivity contribution in [3.63, 3.8) is 0 Å². The summed E-state index contributed by atoms with van der Waals surface area (Å²) in [4.78, 5) is 12.4. The van der Waals surface area contributed by atoms with Crippen LogP contribution in [0.5, 0.6) is 0 Å². The number of esters is 1. The summed E-state index contributed by atoms with van der Waals surface area (Å²) in [5.41, 5.74) is 7.46. The van der Waals surface area contributed by atoms with Gasteiger partial charge in [0.2, 0.25) is 0 Å². The molecule has 19 heavy (non-hydrogen) atoms. The highest BCUT2D eigenvalue weighted by Crippen LogP contribution is 2.40. The average molecular weight is 261 g/mol. The maximum absolute atomic E-state index is 12.4. The minimum atomic E-state index is -0.675. The average Bonchev–Trinajstić information content (AvgIpc) is 2.37. The van der Waals surface area contributed by atoms with Crippen molar-refractivity contribution in [3.8, 4) is 0 Å². The first kappa shape index (κ1) is 14.1. The van der Waals surface area contributed by atoms with E-state index in [9.17, 15) is 4.79 Å². The van der Waals surface area contributed by atoms with Gasteiger partial charge in [-0.2, -0.15) is 0 Å². The fourth-order valence-corrected chi connectivity index (χ4v) is 2.93. The molecule has 1 atom stereocenters. The van der Waals surface area contributed by atoms with E-state index in [2.05, 4.69) is 6.07 Å². The Labute approximate surface area is 115 Å². The largest absolute Gasteiger partial charge is 0.468 e. The van der Waals surface area contributed by atoms with E-state index in [1.807, 2.05) is 25.1 Å². The van der Waals surface area contributed by atoms with Gasteiger partial charge in [0.25, 0.3) is 0 Å². The molecule has 0 radical (unpaired) electrons. The standard InChI is InChI=1S/C16H23NO2/c1-12-5-3-8-14(9-12)16(11-17,15(18)19-2)10-13-6-4-7-13/h3,5,8-9,13H,4,6-7,10-11,17H2,1-2H3. The Kier molecular flexibility index (Phi) is 4.25. The molecule has 1 aliphatic carbocycles. The molecule has 1 fully saturated rings. The second-order valence-corrected chi connectivity index (χ2v) is 5.65. The van der Waals surface area contributed by atoms with E-state index >= 15 is 0 Å². The number of hydrogen-bond donors (Lipinski definition) is 1. The van der Waals surface area contributed by atoms with Crippen LogP contribution in [0.25, 0.3) is 0 Å². The smallest absolute Gasteiger partial charge is 0.317 e. The first-order valence-electron chi connectivity index (χ1n) is 6.98. The Morgan fingerprint density at radius 3 is 2.68 bits per heavy atom. The van der Waals surface area contributed by atoms with Gasteiger partial charge in [-0.25, -0.2) is 0 Å². The summed E-state index contributed by atoms with van der Waals surface area (Å²) < 4.78 is 5.05. The number of nitrogens with two attached hydrogens (primary N) is 1. The summed E-state index contributed by atoms with van der Waals surface area (Å²) >= 11 is 0. The highest BCUT2D eigenvalue weighted by atomic mass is 16.5. The number of aryl methyl sites for hydroxylation is 1. The summed E-state index contributed by atoms with van der Waals surface area (Å²) in [7, 11) is 1.45. The van der Waals surface area contributed by atoms with E-state index in [1.54, 1.807) is 0 Å². The third-order valence-electron chi connectivity index (χ3n) is 4.36. The van der Waals surface area contributed by atoms with Gasteiger partial charge in [-0.1, -0.05) is 49.1 Å². The van der Waals surface area contributed by atoms with Crippen LogP contribution in [0.1, 0.15) is 36.8 Å². The molecule has 1 unspecified atom stereocenters. The lowest BCUT2D eigenvalue weighted by atomic mass is 9.68. The molecule has 1 aliphatic rings. The van der Waals surface area contributed by atoms with Crippen LogP contribution >= 0.6 is 0 Å². The molecule has 0 saturated heterocycles. The highest BCUT2D eigenvalue weighted by molar-refractivity contribution is 5.83. The van der Waals surface area contributed by atoms with Gasteiger partial charge in [-0.05, 0) is 24.8 Å². The minimum Gasteiger partial charge on any atom is -0.468 e.